The van der Waals surface area contributed by atoms with Crippen molar-refractivity contribution in [3.8, 4) is 5.75 Å². The maximum absolute atomic E-state index is 11.9. The molecule has 128 valence electrons. The number of benzene rings is 2. The van der Waals surface area contributed by atoms with Gasteiger partial charge in [0.05, 0.1) is 0 Å². The van der Waals surface area contributed by atoms with Crippen LogP contribution in [0.2, 0.25) is 0 Å². The van der Waals surface area contributed by atoms with Crippen molar-refractivity contribution in [1.29, 1.82) is 0 Å². The fraction of sp³-hybridized carbons (Fsp3) is 0.278. The summed E-state index contributed by atoms with van der Waals surface area (Å²) in [6.45, 7) is 2.34. The molecule has 0 aliphatic carbocycles. The van der Waals surface area contributed by atoms with Gasteiger partial charge in [-0.3, -0.25) is 4.21 Å². The number of rotatable bonds is 6. The number of amides is 2. The molecule has 2 aromatic rings. The number of phenols is 1. The van der Waals surface area contributed by atoms with Crippen LogP contribution in [0, 0.1) is 0 Å². The minimum Gasteiger partial charge on any atom is -0.508 e. The summed E-state index contributed by atoms with van der Waals surface area (Å²) in [7, 11) is -0.994. The summed E-state index contributed by atoms with van der Waals surface area (Å²) in [5.41, 5.74) is 1.99. The first-order valence-electron chi connectivity index (χ1n) is 7.68. The van der Waals surface area contributed by atoms with Crippen molar-refractivity contribution in [3.05, 3.63) is 59.7 Å². The van der Waals surface area contributed by atoms with Gasteiger partial charge < -0.3 is 15.7 Å². The third-order valence-electron chi connectivity index (χ3n) is 3.56. The summed E-state index contributed by atoms with van der Waals surface area (Å²) in [5.74, 6) is 0.232. The summed E-state index contributed by atoms with van der Waals surface area (Å²) in [6.07, 6.45) is 2.32. The summed E-state index contributed by atoms with van der Waals surface area (Å²) in [4.78, 5) is 12.7. The van der Waals surface area contributed by atoms with Gasteiger partial charge in [-0.05, 0) is 48.7 Å². The number of nitrogens with one attached hydrogen (secondary N) is 2. The van der Waals surface area contributed by atoms with Crippen LogP contribution in [0.15, 0.2) is 53.4 Å². The highest BCUT2D eigenvalue weighted by Crippen LogP contribution is 2.11. The average molecular weight is 346 g/mol. The molecule has 0 fully saturated rings. The number of hydrogen-bond donors (Lipinski definition) is 3. The molecule has 0 unspecified atom stereocenters. The Bertz CT molecular complexity index is 699. The molecule has 0 saturated heterocycles. The average Bonchev–Trinajstić information content (AvgIpc) is 2.55. The lowest BCUT2D eigenvalue weighted by atomic mass is 10.1. The van der Waals surface area contributed by atoms with Gasteiger partial charge in [-0.15, -0.1) is 0 Å². The van der Waals surface area contributed by atoms with Crippen LogP contribution in [0.3, 0.4) is 0 Å². The van der Waals surface area contributed by atoms with Crippen LogP contribution in [0.1, 0.15) is 18.1 Å². The Labute approximate surface area is 144 Å². The maximum atomic E-state index is 11.9. The SMILES string of the molecule is C[C@H](Cc1ccc(O)cc1)NC(=O)NCc1ccc([S@](C)=O)cc1. The standard InChI is InChI=1S/C18H22N2O3S/c1-13(11-14-3-7-16(21)8-4-14)20-18(22)19-12-15-5-9-17(10-6-15)24(2)23/h3-10,13,21H,11-12H2,1-2H3,(H2,19,20,22)/t13-,24+/m1/s1. The third kappa shape index (κ3) is 5.70. The van der Waals surface area contributed by atoms with Crippen molar-refractivity contribution in [2.45, 2.75) is 30.8 Å². The largest absolute Gasteiger partial charge is 0.508 e. The van der Waals surface area contributed by atoms with E-state index in [9.17, 15) is 14.1 Å². The van der Waals surface area contributed by atoms with Gasteiger partial charge in [0.2, 0.25) is 0 Å². The van der Waals surface area contributed by atoms with Crippen molar-refractivity contribution in [3.63, 3.8) is 0 Å². The minimum absolute atomic E-state index is 0.0283. The lowest BCUT2D eigenvalue weighted by molar-refractivity contribution is 0.237. The molecule has 0 aliphatic heterocycles. The van der Waals surface area contributed by atoms with Crippen LogP contribution in [0.4, 0.5) is 4.79 Å². The first kappa shape index (κ1) is 18.0. The van der Waals surface area contributed by atoms with Crippen LogP contribution >= 0.6 is 0 Å². The van der Waals surface area contributed by atoms with E-state index in [0.717, 1.165) is 16.0 Å². The molecule has 0 bridgehead atoms. The van der Waals surface area contributed by atoms with Gasteiger partial charge in [0.1, 0.15) is 5.75 Å². The molecule has 0 saturated carbocycles. The Morgan fingerprint density at radius 3 is 2.25 bits per heavy atom. The number of urea groups is 1. The molecule has 5 nitrogen and oxygen atoms in total. The van der Waals surface area contributed by atoms with E-state index >= 15 is 0 Å². The van der Waals surface area contributed by atoms with E-state index in [-0.39, 0.29) is 17.8 Å². The highest BCUT2D eigenvalue weighted by atomic mass is 32.2. The second-order valence-electron chi connectivity index (χ2n) is 5.70. The summed E-state index contributed by atoms with van der Waals surface area (Å²) >= 11 is 0. The van der Waals surface area contributed by atoms with E-state index in [2.05, 4.69) is 10.6 Å². The van der Waals surface area contributed by atoms with Crippen LogP contribution in [0.5, 0.6) is 5.75 Å². The quantitative estimate of drug-likeness (QED) is 0.752. The number of phenolic OH excluding ortho intramolecular Hbond substituents is 1. The Balaban J connectivity index is 1.77. The molecule has 0 aliphatic rings. The molecule has 24 heavy (non-hydrogen) atoms. The zero-order valence-corrected chi connectivity index (χ0v) is 14.6. The molecule has 3 N–H and O–H groups in total. The molecule has 2 aromatic carbocycles. The van der Waals surface area contributed by atoms with Gasteiger partial charge in [0.25, 0.3) is 0 Å². The Morgan fingerprint density at radius 1 is 1.08 bits per heavy atom. The van der Waals surface area contributed by atoms with Crippen LogP contribution in [0.25, 0.3) is 0 Å². The van der Waals surface area contributed by atoms with E-state index < -0.39 is 10.8 Å². The monoisotopic (exact) mass is 346 g/mol. The van der Waals surface area contributed by atoms with E-state index in [1.54, 1.807) is 30.5 Å². The van der Waals surface area contributed by atoms with Crippen LogP contribution < -0.4 is 10.6 Å². The molecule has 2 rings (SSSR count). The lowest BCUT2D eigenvalue weighted by Gasteiger charge is -2.15. The molecular formula is C18H22N2O3S. The lowest BCUT2D eigenvalue weighted by Crippen LogP contribution is -2.41. The molecule has 6 heteroatoms. The highest BCUT2D eigenvalue weighted by molar-refractivity contribution is 7.84. The van der Waals surface area contributed by atoms with E-state index in [0.29, 0.717) is 13.0 Å². The van der Waals surface area contributed by atoms with E-state index in [1.165, 1.54) is 0 Å². The fourth-order valence-corrected chi connectivity index (χ4v) is 2.81. The van der Waals surface area contributed by atoms with Crippen molar-refractivity contribution in [2.24, 2.45) is 0 Å². The van der Waals surface area contributed by atoms with Gasteiger partial charge in [0, 0.05) is 34.5 Å². The van der Waals surface area contributed by atoms with Crippen molar-refractivity contribution >= 4 is 16.8 Å². The van der Waals surface area contributed by atoms with Gasteiger partial charge in [-0.25, -0.2) is 4.79 Å². The smallest absolute Gasteiger partial charge is 0.315 e. The molecular weight excluding hydrogens is 324 g/mol. The van der Waals surface area contributed by atoms with E-state index in [4.69, 9.17) is 0 Å². The highest BCUT2D eigenvalue weighted by Gasteiger charge is 2.08. The second-order valence-corrected chi connectivity index (χ2v) is 7.08. The van der Waals surface area contributed by atoms with Crippen molar-refractivity contribution in [1.82, 2.24) is 10.6 Å². The molecule has 2 amide bonds. The molecule has 2 atom stereocenters. The Morgan fingerprint density at radius 2 is 1.67 bits per heavy atom. The van der Waals surface area contributed by atoms with E-state index in [1.807, 2.05) is 31.2 Å². The van der Waals surface area contributed by atoms with Gasteiger partial charge >= 0.3 is 6.03 Å². The topological polar surface area (TPSA) is 78.4 Å². The first-order chi connectivity index (χ1) is 11.4. The maximum Gasteiger partial charge on any atom is 0.315 e. The van der Waals surface area contributed by atoms with Gasteiger partial charge in [-0.2, -0.15) is 0 Å². The second kappa shape index (κ2) is 8.49. The molecule has 0 spiro atoms. The first-order valence-corrected chi connectivity index (χ1v) is 9.24. The van der Waals surface area contributed by atoms with Crippen LogP contribution in [-0.2, 0) is 23.8 Å². The van der Waals surface area contributed by atoms with Crippen LogP contribution in [-0.4, -0.2) is 27.6 Å². The third-order valence-corrected chi connectivity index (χ3v) is 4.50. The number of carbonyl (C=O) groups excluding carboxylic acids is 1. The molecule has 0 aromatic heterocycles. The normalized spacial score (nSPS) is 13.1. The van der Waals surface area contributed by atoms with Gasteiger partial charge in [0.15, 0.2) is 0 Å². The zero-order chi connectivity index (χ0) is 17.5. The van der Waals surface area contributed by atoms with Gasteiger partial charge in [-0.1, -0.05) is 24.3 Å². The summed E-state index contributed by atoms with van der Waals surface area (Å²) in [5, 5.41) is 15.0. The minimum atomic E-state index is -0.994. The zero-order valence-electron chi connectivity index (χ0n) is 13.8. The van der Waals surface area contributed by atoms with Crippen molar-refractivity contribution < 1.29 is 14.1 Å². The molecule has 0 heterocycles. The molecule has 0 radical (unpaired) electrons. The Hall–Kier alpha value is -2.34. The van der Waals surface area contributed by atoms with Crippen molar-refractivity contribution in [2.75, 3.05) is 6.26 Å². The number of aromatic hydroxyl groups is 1. The Kier molecular flexibility index (Phi) is 6.37. The summed E-state index contributed by atoms with van der Waals surface area (Å²) < 4.78 is 11.3. The number of carbonyl (C=O) groups is 1. The predicted molar refractivity (Wildman–Crippen MR) is 95.4 cm³/mol. The number of hydrogen-bond acceptors (Lipinski definition) is 3. The predicted octanol–water partition coefficient (Wildman–Crippen LogP) is 2.56. The fourth-order valence-electron chi connectivity index (χ4n) is 2.29. The summed E-state index contributed by atoms with van der Waals surface area (Å²) in [6, 6.07) is 14.0.